The van der Waals surface area contributed by atoms with Crippen LogP contribution in [0.4, 0.5) is 0 Å². The minimum Gasteiger partial charge on any atom is -0.0736 e. The molecule has 2 aromatic rings. The maximum Gasteiger partial charge on any atom is 0.0451 e. The van der Waals surface area contributed by atoms with Gasteiger partial charge in [-0.3, -0.25) is 0 Å². The van der Waals surface area contributed by atoms with Gasteiger partial charge < -0.3 is 0 Å². The number of benzene rings is 2. The normalized spacial score (nSPS) is 23.4. The van der Waals surface area contributed by atoms with Crippen molar-refractivity contribution in [3.8, 4) is 0 Å². The summed E-state index contributed by atoms with van der Waals surface area (Å²) in [6.45, 7) is 11.7. The molecule has 0 heterocycles. The van der Waals surface area contributed by atoms with Crippen molar-refractivity contribution in [1.82, 2.24) is 0 Å². The topological polar surface area (TPSA) is 0 Å². The molecule has 1 unspecified atom stereocenters. The summed E-state index contributed by atoms with van der Waals surface area (Å²) in [7, 11) is 0. The SMILES string of the molecule is CC1=CC(C)(C(c2ccccc2)(c2ccccc2)C2(C)C=CC=C2)C(C)=C1C. The molecule has 2 aromatic carbocycles. The van der Waals surface area contributed by atoms with Gasteiger partial charge in [0, 0.05) is 16.2 Å². The summed E-state index contributed by atoms with van der Waals surface area (Å²) in [5.41, 5.74) is 6.47. The lowest BCUT2D eigenvalue weighted by atomic mass is 9.45. The van der Waals surface area contributed by atoms with Crippen LogP contribution in [-0.2, 0) is 5.41 Å². The summed E-state index contributed by atoms with van der Waals surface area (Å²) < 4.78 is 0. The van der Waals surface area contributed by atoms with E-state index in [9.17, 15) is 0 Å². The average molecular weight is 367 g/mol. The van der Waals surface area contributed by atoms with E-state index in [0.29, 0.717) is 0 Å². The van der Waals surface area contributed by atoms with E-state index in [-0.39, 0.29) is 16.2 Å². The fourth-order valence-electron chi connectivity index (χ4n) is 5.86. The van der Waals surface area contributed by atoms with Crippen LogP contribution in [0.5, 0.6) is 0 Å². The first kappa shape index (κ1) is 18.7. The molecule has 0 saturated carbocycles. The van der Waals surface area contributed by atoms with Crippen LogP contribution in [-0.4, -0.2) is 0 Å². The van der Waals surface area contributed by atoms with Gasteiger partial charge in [-0.1, -0.05) is 116 Å². The zero-order valence-corrected chi connectivity index (χ0v) is 17.7. The summed E-state index contributed by atoms with van der Waals surface area (Å²) in [4.78, 5) is 0. The number of rotatable bonds is 4. The van der Waals surface area contributed by atoms with Gasteiger partial charge in [-0.25, -0.2) is 0 Å². The summed E-state index contributed by atoms with van der Waals surface area (Å²) in [5, 5.41) is 0. The number of allylic oxidation sites excluding steroid dienone is 8. The van der Waals surface area contributed by atoms with E-state index in [4.69, 9.17) is 0 Å². The second-order valence-electron chi connectivity index (χ2n) is 8.76. The van der Waals surface area contributed by atoms with Crippen molar-refractivity contribution in [3.63, 3.8) is 0 Å². The lowest BCUT2D eigenvalue weighted by Gasteiger charge is -2.56. The van der Waals surface area contributed by atoms with Gasteiger partial charge in [-0.2, -0.15) is 0 Å². The fourth-order valence-corrected chi connectivity index (χ4v) is 5.86. The van der Waals surface area contributed by atoms with Crippen molar-refractivity contribution in [1.29, 1.82) is 0 Å². The number of hydrogen-bond donors (Lipinski definition) is 0. The molecule has 0 aliphatic heterocycles. The highest BCUT2D eigenvalue weighted by atomic mass is 14.6. The van der Waals surface area contributed by atoms with E-state index in [1.807, 2.05) is 0 Å². The molecule has 28 heavy (non-hydrogen) atoms. The van der Waals surface area contributed by atoms with Crippen molar-refractivity contribution in [2.24, 2.45) is 10.8 Å². The molecular weight excluding hydrogens is 336 g/mol. The van der Waals surface area contributed by atoms with Crippen LogP contribution in [0.1, 0.15) is 45.7 Å². The largest absolute Gasteiger partial charge is 0.0736 e. The standard InChI is InChI=1S/C28H30/c1-21-20-27(5,23(3)22(21)2)28(24-14-8-6-9-15-24,25-16-10-7-11-17-25)26(4)18-12-13-19-26/h6-20H,1-5H3. The number of hydrogen-bond acceptors (Lipinski definition) is 0. The van der Waals surface area contributed by atoms with Crippen molar-refractivity contribution in [3.05, 3.63) is 119 Å². The van der Waals surface area contributed by atoms with Gasteiger partial charge in [0.15, 0.2) is 0 Å². The summed E-state index contributed by atoms with van der Waals surface area (Å²) in [6.07, 6.45) is 11.7. The molecule has 0 fully saturated rings. The van der Waals surface area contributed by atoms with E-state index >= 15 is 0 Å². The van der Waals surface area contributed by atoms with Crippen LogP contribution in [0.3, 0.4) is 0 Å². The van der Waals surface area contributed by atoms with Crippen molar-refractivity contribution in [2.45, 2.75) is 40.0 Å². The first-order valence-corrected chi connectivity index (χ1v) is 10.2. The van der Waals surface area contributed by atoms with Crippen molar-refractivity contribution < 1.29 is 0 Å². The van der Waals surface area contributed by atoms with Gasteiger partial charge >= 0.3 is 0 Å². The van der Waals surface area contributed by atoms with Gasteiger partial charge in [0.1, 0.15) is 0 Å². The minimum atomic E-state index is -0.255. The second-order valence-corrected chi connectivity index (χ2v) is 8.76. The third-order valence-electron chi connectivity index (χ3n) is 7.43. The molecule has 0 heteroatoms. The molecular formula is C28H30. The molecule has 0 saturated heterocycles. The van der Waals surface area contributed by atoms with Crippen molar-refractivity contribution >= 4 is 0 Å². The van der Waals surface area contributed by atoms with Crippen LogP contribution >= 0.6 is 0 Å². The monoisotopic (exact) mass is 366 g/mol. The van der Waals surface area contributed by atoms with Gasteiger partial charge in [-0.15, -0.1) is 0 Å². The molecule has 0 aromatic heterocycles. The summed E-state index contributed by atoms with van der Waals surface area (Å²) in [6, 6.07) is 22.2. The summed E-state index contributed by atoms with van der Waals surface area (Å²) in [5.74, 6) is 0. The van der Waals surface area contributed by atoms with E-state index in [1.165, 1.54) is 27.8 Å². The zero-order chi connectivity index (χ0) is 20.0. The molecule has 2 aliphatic carbocycles. The molecule has 142 valence electrons. The smallest absolute Gasteiger partial charge is 0.0451 e. The van der Waals surface area contributed by atoms with Gasteiger partial charge in [0.05, 0.1) is 0 Å². The van der Waals surface area contributed by atoms with E-state index < -0.39 is 0 Å². The first-order chi connectivity index (χ1) is 13.4. The molecule has 4 rings (SSSR count). The molecule has 0 radical (unpaired) electrons. The Hall–Kier alpha value is -2.60. The Morgan fingerprint density at radius 3 is 1.54 bits per heavy atom. The molecule has 2 aliphatic rings. The Bertz CT molecular complexity index is 947. The van der Waals surface area contributed by atoms with E-state index in [0.717, 1.165) is 0 Å². The second kappa shape index (κ2) is 6.48. The third kappa shape index (κ3) is 2.30. The van der Waals surface area contributed by atoms with Crippen molar-refractivity contribution in [2.75, 3.05) is 0 Å². The third-order valence-corrected chi connectivity index (χ3v) is 7.43. The lowest BCUT2D eigenvalue weighted by molar-refractivity contribution is 0.181. The van der Waals surface area contributed by atoms with E-state index in [1.54, 1.807) is 0 Å². The summed E-state index contributed by atoms with van der Waals surface area (Å²) >= 11 is 0. The van der Waals surface area contributed by atoms with Crippen LogP contribution in [0.25, 0.3) is 0 Å². The molecule has 0 spiro atoms. The molecule has 0 nitrogen and oxygen atoms in total. The van der Waals surface area contributed by atoms with E-state index in [2.05, 4.69) is 126 Å². The van der Waals surface area contributed by atoms with Gasteiger partial charge in [0.25, 0.3) is 0 Å². The molecule has 1 atom stereocenters. The minimum absolute atomic E-state index is 0.141. The highest BCUT2D eigenvalue weighted by molar-refractivity contribution is 5.59. The van der Waals surface area contributed by atoms with Crippen LogP contribution in [0.2, 0.25) is 0 Å². The zero-order valence-electron chi connectivity index (χ0n) is 17.7. The average Bonchev–Trinajstić information content (AvgIpc) is 3.23. The van der Waals surface area contributed by atoms with Crippen LogP contribution < -0.4 is 0 Å². The lowest BCUT2D eigenvalue weighted by Crippen LogP contribution is -2.53. The molecule has 0 amide bonds. The Morgan fingerprint density at radius 1 is 0.679 bits per heavy atom. The van der Waals surface area contributed by atoms with Crippen LogP contribution in [0, 0.1) is 10.8 Å². The Morgan fingerprint density at radius 2 is 1.14 bits per heavy atom. The Balaban J connectivity index is 2.19. The highest BCUT2D eigenvalue weighted by Gasteiger charge is 2.60. The Labute approximate surface area is 170 Å². The predicted octanol–water partition coefficient (Wildman–Crippen LogP) is 7.41. The van der Waals surface area contributed by atoms with Gasteiger partial charge in [0.2, 0.25) is 0 Å². The quantitative estimate of drug-likeness (QED) is 0.528. The maximum atomic E-state index is 2.52. The Kier molecular flexibility index (Phi) is 4.34. The highest BCUT2D eigenvalue weighted by Crippen LogP contribution is 2.65. The van der Waals surface area contributed by atoms with Crippen LogP contribution in [0.15, 0.2) is 108 Å². The van der Waals surface area contributed by atoms with Gasteiger partial charge in [-0.05, 0) is 37.5 Å². The fraction of sp³-hybridized carbons (Fsp3) is 0.286. The molecule has 0 bridgehead atoms. The molecule has 0 N–H and O–H groups in total. The predicted molar refractivity (Wildman–Crippen MR) is 120 cm³/mol. The first-order valence-electron chi connectivity index (χ1n) is 10.2. The maximum absolute atomic E-state index is 2.52.